The highest BCUT2D eigenvalue weighted by Gasteiger charge is 2.22. The summed E-state index contributed by atoms with van der Waals surface area (Å²) in [6, 6.07) is 11.2. The molecule has 0 aliphatic carbocycles. The molecule has 0 fully saturated rings. The number of aromatic nitrogens is 2. The second-order valence-electron chi connectivity index (χ2n) is 6.03. The van der Waals surface area contributed by atoms with E-state index >= 15 is 0 Å². The van der Waals surface area contributed by atoms with Crippen molar-refractivity contribution in [3.63, 3.8) is 0 Å². The van der Waals surface area contributed by atoms with E-state index in [-0.39, 0.29) is 5.91 Å². The van der Waals surface area contributed by atoms with E-state index in [0.717, 1.165) is 10.6 Å². The van der Waals surface area contributed by atoms with E-state index in [0.29, 0.717) is 27.9 Å². The first-order valence-electron chi connectivity index (χ1n) is 8.47. The van der Waals surface area contributed by atoms with Gasteiger partial charge in [-0.1, -0.05) is 41.2 Å². The van der Waals surface area contributed by atoms with Crippen LogP contribution < -0.4 is 19.1 Å². The third kappa shape index (κ3) is 3.77. The van der Waals surface area contributed by atoms with Crippen molar-refractivity contribution in [2.45, 2.75) is 6.92 Å². The van der Waals surface area contributed by atoms with Gasteiger partial charge in [-0.05, 0) is 19.1 Å². The van der Waals surface area contributed by atoms with Crippen LogP contribution in [0.3, 0.4) is 0 Å². The number of hydrogen-bond donors (Lipinski definition) is 0. The Balaban J connectivity index is 1.90. The molecule has 0 bridgehead atoms. The number of carbonyl (C=O) groups is 1. The maximum Gasteiger partial charge on any atom is 0.260 e. The van der Waals surface area contributed by atoms with Gasteiger partial charge in [-0.15, -0.1) is 10.2 Å². The van der Waals surface area contributed by atoms with E-state index in [1.165, 1.54) is 43.1 Å². The molecule has 0 atom stereocenters. The third-order valence-electron chi connectivity index (χ3n) is 4.22. The van der Waals surface area contributed by atoms with Gasteiger partial charge in [-0.2, -0.15) is 0 Å². The summed E-state index contributed by atoms with van der Waals surface area (Å²) in [6.07, 6.45) is 0. The zero-order valence-corrected chi connectivity index (χ0v) is 17.2. The van der Waals surface area contributed by atoms with Crippen LogP contribution in [0.5, 0.6) is 17.2 Å². The number of benzene rings is 2. The number of methoxy groups -OCH3 is 3. The van der Waals surface area contributed by atoms with Gasteiger partial charge in [0, 0.05) is 18.2 Å². The number of rotatable bonds is 6. The molecule has 2 aromatic carbocycles. The first-order valence-corrected chi connectivity index (χ1v) is 9.28. The monoisotopic (exact) mass is 399 g/mol. The van der Waals surface area contributed by atoms with E-state index in [1.54, 1.807) is 19.2 Å². The van der Waals surface area contributed by atoms with Crippen molar-refractivity contribution in [1.29, 1.82) is 0 Å². The molecule has 1 aromatic heterocycles. The topological polar surface area (TPSA) is 73.8 Å². The van der Waals surface area contributed by atoms with Crippen LogP contribution in [0.25, 0.3) is 10.6 Å². The van der Waals surface area contributed by atoms with Crippen molar-refractivity contribution >= 4 is 22.4 Å². The summed E-state index contributed by atoms with van der Waals surface area (Å²) in [5.41, 5.74) is 2.52. The summed E-state index contributed by atoms with van der Waals surface area (Å²) < 4.78 is 16.0. The lowest BCUT2D eigenvalue weighted by Gasteiger charge is -2.17. The number of hydrogen-bond acceptors (Lipinski definition) is 7. The summed E-state index contributed by atoms with van der Waals surface area (Å²) >= 11 is 1.35. The first-order chi connectivity index (χ1) is 13.5. The Morgan fingerprint density at radius 2 is 1.57 bits per heavy atom. The number of ether oxygens (including phenoxy) is 3. The van der Waals surface area contributed by atoms with Gasteiger partial charge in [0.2, 0.25) is 10.9 Å². The molecule has 0 saturated heterocycles. The molecule has 8 heteroatoms. The van der Waals surface area contributed by atoms with Crippen LogP contribution in [-0.2, 0) is 0 Å². The van der Waals surface area contributed by atoms with E-state index in [4.69, 9.17) is 14.2 Å². The summed E-state index contributed by atoms with van der Waals surface area (Å²) in [5.74, 6) is 1.00. The van der Waals surface area contributed by atoms with Gasteiger partial charge in [0.05, 0.1) is 21.3 Å². The molecule has 1 amide bonds. The standard InChI is InChI=1S/C20H21N3O4S/c1-12-6-8-13(9-7-12)18-21-22-20(28-18)23(2)19(24)14-10-15(25-3)17(27-5)16(11-14)26-4/h6-11H,1-5H3. The van der Waals surface area contributed by atoms with Crippen LogP contribution >= 0.6 is 11.3 Å². The molecular formula is C20H21N3O4S. The average Bonchev–Trinajstić information content (AvgIpc) is 3.22. The maximum absolute atomic E-state index is 13.0. The molecule has 0 aliphatic rings. The molecule has 7 nitrogen and oxygen atoms in total. The van der Waals surface area contributed by atoms with Gasteiger partial charge in [0.15, 0.2) is 11.5 Å². The first kappa shape index (κ1) is 19.6. The van der Waals surface area contributed by atoms with Gasteiger partial charge in [-0.3, -0.25) is 9.69 Å². The molecule has 0 aliphatic heterocycles. The Labute approximate surface area is 167 Å². The van der Waals surface area contributed by atoms with E-state index in [9.17, 15) is 4.79 Å². The minimum absolute atomic E-state index is 0.258. The smallest absolute Gasteiger partial charge is 0.260 e. The molecule has 3 aromatic rings. The molecule has 28 heavy (non-hydrogen) atoms. The van der Waals surface area contributed by atoms with Crippen molar-refractivity contribution in [1.82, 2.24) is 10.2 Å². The van der Waals surface area contributed by atoms with Crippen molar-refractivity contribution < 1.29 is 19.0 Å². The molecule has 0 spiro atoms. The lowest BCUT2D eigenvalue weighted by atomic mass is 10.1. The van der Waals surface area contributed by atoms with Crippen molar-refractivity contribution in [3.8, 4) is 27.8 Å². The maximum atomic E-state index is 13.0. The fourth-order valence-electron chi connectivity index (χ4n) is 2.65. The molecule has 146 valence electrons. The Kier molecular flexibility index (Phi) is 5.79. The SMILES string of the molecule is COc1cc(C(=O)N(C)c2nnc(-c3ccc(C)cc3)s2)cc(OC)c1OC. The zero-order chi connectivity index (χ0) is 20.3. The highest BCUT2D eigenvalue weighted by Crippen LogP contribution is 2.39. The molecular weight excluding hydrogens is 378 g/mol. The van der Waals surface area contributed by atoms with E-state index in [1.807, 2.05) is 31.2 Å². The third-order valence-corrected chi connectivity index (χ3v) is 5.26. The van der Waals surface area contributed by atoms with Gasteiger partial charge in [0.1, 0.15) is 5.01 Å². The van der Waals surface area contributed by atoms with Crippen LogP contribution in [0.4, 0.5) is 5.13 Å². The molecule has 0 saturated carbocycles. The summed E-state index contributed by atoms with van der Waals surface area (Å²) in [5, 5.41) is 9.62. The van der Waals surface area contributed by atoms with Crippen LogP contribution in [-0.4, -0.2) is 44.5 Å². The fraction of sp³-hybridized carbons (Fsp3) is 0.250. The Morgan fingerprint density at radius 3 is 2.11 bits per heavy atom. The number of aryl methyl sites for hydroxylation is 1. The Bertz CT molecular complexity index is 960. The van der Waals surface area contributed by atoms with Gasteiger partial charge < -0.3 is 14.2 Å². The molecule has 0 unspecified atom stereocenters. The second-order valence-corrected chi connectivity index (χ2v) is 6.99. The molecule has 0 radical (unpaired) electrons. The minimum atomic E-state index is -0.258. The van der Waals surface area contributed by atoms with Gasteiger partial charge >= 0.3 is 0 Å². The highest BCUT2D eigenvalue weighted by molar-refractivity contribution is 7.18. The Morgan fingerprint density at radius 1 is 0.964 bits per heavy atom. The second kappa shape index (κ2) is 8.26. The minimum Gasteiger partial charge on any atom is -0.493 e. The van der Waals surface area contributed by atoms with Crippen LogP contribution in [0.2, 0.25) is 0 Å². The zero-order valence-electron chi connectivity index (χ0n) is 16.3. The number of carbonyl (C=O) groups excluding carboxylic acids is 1. The number of anilines is 1. The van der Waals surface area contributed by atoms with Gasteiger partial charge in [0.25, 0.3) is 5.91 Å². The van der Waals surface area contributed by atoms with Crippen molar-refractivity contribution in [2.75, 3.05) is 33.3 Å². The van der Waals surface area contributed by atoms with Gasteiger partial charge in [-0.25, -0.2) is 0 Å². The van der Waals surface area contributed by atoms with Crippen LogP contribution in [0, 0.1) is 6.92 Å². The summed E-state index contributed by atoms with van der Waals surface area (Å²) in [7, 11) is 6.19. The van der Waals surface area contributed by atoms with E-state index in [2.05, 4.69) is 10.2 Å². The Hall–Kier alpha value is -3.13. The van der Waals surface area contributed by atoms with E-state index < -0.39 is 0 Å². The molecule has 1 heterocycles. The largest absolute Gasteiger partial charge is 0.493 e. The molecule has 0 N–H and O–H groups in total. The quantitative estimate of drug-likeness (QED) is 0.627. The summed E-state index contributed by atoms with van der Waals surface area (Å²) in [4.78, 5) is 14.4. The fourth-order valence-corrected chi connectivity index (χ4v) is 3.46. The van der Waals surface area contributed by atoms with Crippen LogP contribution in [0.15, 0.2) is 36.4 Å². The summed E-state index contributed by atoms with van der Waals surface area (Å²) in [6.45, 7) is 2.03. The lowest BCUT2D eigenvalue weighted by Crippen LogP contribution is -2.26. The average molecular weight is 399 g/mol. The number of nitrogens with zero attached hydrogens (tertiary/aromatic N) is 3. The molecule has 3 rings (SSSR count). The predicted octanol–water partition coefficient (Wildman–Crippen LogP) is 3.82. The normalized spacial score (nSPS) is 10.5. The highest BCUT2D eigenvalue weighted by atomic mass is 32.1. The predicted molar refractivity (Wildman–Crippen MR) is 109 cm³/mol. The lowest BCUT2D eigenvalue weighted by molar-refractivity contribution is 0.0992. The van der Waals surface area contributed by atoms with Crippen molar-refractivity contribution in [3.05, 3.63) is 47.5 Å². The number of amides is 1. The van der Waals surface area contributed by atoms with Crippen LogP contribution in [0.1, 0.15) is 15.9 Å². The van der Waals surface area contributed by atoms with Crippen molar-refractivity contribution in [2.24, 2.45) is 0 Å².